The molecule has 0 spiro atoms. The average molecular weight is 478 g/mol. The molecule has 0 amide bonds. The predicted octanol–water partition coefficient (Wildman–Crippen LogP) is 2.96. The zero-order chi connectivity index (χ0) is 17.2. The Morgan fingerprint density at radius 3 is 2.84 bits per heavy atom. The first kappa shape index (κ1) is 21.6. The number of methoxy groups -OCH3 is 1. The van der Waals surface area contributed by atoms with Crippen LogP contribution in [0.2, 0.25) is 5.02 Å². The lowest BCUT2D eigenvalue weighted by Crippen LogP contribution is -2.39. The summed E-state index contributed by atoms with van der Waals surface area (Å²) in [5.74, 6) is 1.57. The first-order valence-electron chi connectivity index (χ1n) is 8.03. The minimum absolute atomic E-state index is 0. The fraction of sp³-hybridized carbons (Fsp3) is 0.412. The summed E-state index contributed by atoms with van der Waals surface area (Å²) in [6.07, 6.45) is 6.30. The molecule has 1 aromatic carbocycles. The van der Waals surface area contributed by atoms with Crippen LogP contribution in [-0.4, -0.2) is 42.3 Å². The molecule has 0 fully saturated rings. The number of aromatic nitrogens is 2. The summed E-state index contributed by atoms with van der Waals surface area (Å²) in [7, 11) is 1.63. The van der Waals surface area contributed by atoms with Crippen LogP contribution in [0.5, 0.6) is 5.75 Å². The molecule has 2 N–H and O–H groups in total. The van der Waals surface area contributed by atoms with Crippen molar-refractivity contribution in [3.63, 3.8) is 0 Å². The Bertz CT molecular complexity index is 648. The largest absolute Gasteiger partial charge is 0.497 e. The molecule has 0 atom stereocenters. The maximum atomic E-state index is 6.26. The molecule has 0 saturated heterocycles. The second-order valence-electron chi connectivity index (χ2n) is 5.20. The highest BCUT2D eigenvalue weighted by Crippen LogP contribution is 2.22. The van der Waals surface area contributed by atoms with Gasteiger partial charge in [0.1, 0.15) is 5.75 Å². The summed E-state index contributed by atoms with van der Waals surface area (Å²) in [5.41, 5.74) is 1.07. The van der Waals surface area contributed by atoms with E-state index in [0.29, 0.717) is 11.6 Å². The number of nitrogens with zero attached hydrogens (tertiary/aromatic N) is 3. The van der Waals surface area contributed by atoms with E-state index in [1.807, 2.05) is 35.9 Å². The molecule has 1 aromatic heterocycles. The summed E-state index contributed by atoms with van der Waals surface area (Å²) in [6.45, 7) is 5.15. The fourth-order valence-electron chi connectivity index (χ4n) is 2.21. The maximum absolute atomic E-state index is 6.26. The normalized spacial score (nSPS) is 10.9. The summed E-state index contributed by atoms with van der Waals surface area (Å²) in [5, 5.41) is 7.27. The van der Waals surface area contributed by atoms with Gasteiger partial charge in [-0.3, -0.25) is 4.99 Å². The van der Waals surface area contributed by atoms with Gasteiger partial charge in [0.25, 0.3) is 0 Å². The van der Waals surface area contributed by atoms with Gasteiger partial charge in [-0.1, -0.05) is 17.7 Å². The number of guanidine groups is 1. The molecule has 0 aliphatic heterocycles. The second kappa shape index (κ2) is 12.0. The molecular weight excluding hydrogens is 453 g/mol. The van der Waals surface area contributed by atoms with Gasteiger partial charge >= 0.3 is 0 Å². The van der Waals surface area contributed by atoms with E-state index in [1.54, 1.807) is 19.6 Å². The smallest absolute Gasteiger partial charge is 0.191 e. The fourth-order valence-corrected chi connectivity index (χ4v) is 2.48. The third-order valence-corrected chi connectivity index (χ3v) is 3.83. The number of rotatable bonds is 8. The Balaban J connectivity index is 0.00000312. The standard InChI is InChI=1S/C17H24ClN5O.HI/c1-3-20-17(22-9-11-23-10-8-19-13-23)21-7-6-14-4-5-15(24-2)12-16(14)18;/h4-5,8,10,12-13H,3,6-7,9,11H2,1-2H3,(H2,20,21,22);1H. The van der Waals surface area contributed by atoms with Gasteiger partial charge in [-0.25, -0.2) is 4.98 Å². The van der Waals surface area contributed by atoms with Crippen molar-refractivity contribution in [1.29, 1.82) is 0 Å². The SMILES string of the molecule is CCNC(=NCCc1ccc(OC)cc1Cl)NCCn1ccnc1.I. The molecule has 1 heterocycles. The van der Waals surface area contributed by atoms with Crippen molar-refractivity contribution in [3.8, 4) is 5.75 Å². The molecule has 138 valence electrons. The monoisotopic (exact) mass is 477 g/mol. The highest BCUT2D eigenvalue weighted by molar-refractivity contribution is 14.0. The average Bonchev–Trinajstić information content (AvgIpc) is 3.09. The van der Waals surface area contributed by atoms with E-state index in [-0.39, 0.29) is 24.0 Å². The summed E-state index contributed by atoms with van der Waals surface area (Å²) < 4.78 is 7.18. The van der Waals surface area contributed by atoms with E-state index in [9.17, 15) is 0 Å². The number of nitrogens with one attached hydrogen (secondary N) is 2. The molecule has 0 unspecified atom stereocenters. The van der Waals surface area contributed by atoms with Crippen molar-refractivity contribution < 1.29 is 4.74 Å². The Morgan fingerprint density at radius 1 is 1.36 bits per heavy atom. The number of imidazole rings is 1. The van der Waals surface area contributed by atoms with Gasteiger partial charge in [-0.15, -0.1) is 24.0 Å². The molecule has 0 aliphatic carbocycles. The Hall–Kier alpha value is -1.48. The number of hydrogen-bond donors (Lipinski definition) is 2. The van der Waals surface area contributed by atoms with Gasteiger partial charge in [-0.2, -0.15) is 0 Å². The molecule has 0 saturated carbocycles. The molecule has 2 aromatic rings. The number of benzene rings is 1. The predicted molar refractivity (Wildman–Crippen MR) is 113 cm³/mol. The zero-order valence-electron chi connectivity index (χ0n) is 14.5. The van der Waals surface area contributed by atoms with Gasteiger partial charge in [0.15, 0.2) is 5.96 Å². The Kier molecular flexibility index (Phi) is 10.3. The lowest BCUT2D eigenvalue weighted by atomic mass is 10.1. The molecule has 6 nitrogen and oxygen atoms in total. The minimum Gasteiger partial charge on any atom is -0.497 e. The van der Waals surface area contributed by atoms with Gasteiger partial charge in [0, 0.05) is 43.6 Å². The molecular formula is C17H25ClIN5O. The number of halogens is 2. The van der Waals surface area contributed by atoms with Crippen LogP contribution in [0.1, 0.15) is 12.5 Å². The highest BCUT2D eigenvalue weighted by atomic mass is 127. The van der Waals surface area contributed by atoms with Gasteiger partial charge < -0.3 is 19.9 Å². The lowest BCUT2D eigenvalue weighted by molar-refractivity contribution is 0.414. The third-order valence-electron chi connectivity index (χ3n) is 3.48. The van der Waals surface area contributed by atoms with Crippen LogP contribution in [0, 0.1) is 0 Å². The summed E-state index contributed by atoms with van der Waals surface area (Å²) in [4.78, 5) is 8.62. The number of aliphatic imine (C=N–C) groups is 1. The molecule has 0 bridgehead atoms. The molecule has 0 aliphatic rings. The molecule has 25 heavy (non-hydrogen) atoms. The summed E-state index contributed by atoms with van der Waals surface area (Å²) in [6, 6.07) is 5.73. The van der Waals surface area contributed by atoms with E-state index in [2.05, 4.69) is 20.6 Å². The molecule has 2 rings (SSSR count). The Labute approximate surface area is 171 Å². The van der Waals surface area contributed by atoms with Crippen LogP contribution in [0.15, 0.2) is 41.9 Å². The topological polar surface area (TPSA) is 63.5 Å². The van der Waals surface area contributed by atoms with Gasteiger partial charge in [0.2, 0.25) is 0 Å². The van der Waals surface area contributed by atoms with E-state index >= 15 is 0 Å². The van der Waals surface area contributed by atoms with Crippen molar-refractivity contribution in [2.75, 3.05) is 26.7 Å². The number of ether oxygens (including phenoxy) is 1. The first-order chi connectivity index (χ1) is 11.7. The van der Waals surface area contributed by atoms with Crippen molar-refractivity contribution in [1.82, 2.24) is 20.2 Å². The number of hydrogen-bond acceptors (Lipinski definition) is 3. The lowest BCUT2D eigenvalue weighted by Gasteiger charge is -2.12. The Morgan fingerprint density at radius 2 is 2.20 bits per heavy atom. The van der Waals surface area contributed by atoms with Crippen molar-refractivity contribution in [2.24, 2.45) is 4.99 Å². The van der Waals surface area contributed by atoms with Crippen LogP contribution >= 0.6 is 35.6 Å². The van der Waals surface area contributed by atoms with Crippen LogP contribution < -0.4 is 15.4 Å². The second-order valence-corrected chi connectivity index (χ2v) is 5.60. The van der Waals surface area contributed by atoms with Crippen molar-refractivity contribution in [3.05, 3.63) is 47.5 Å². The van der Waals surface area contributed by atoms with E-state index in [4.69, 9.17) is 16.3 Å². The van der Waals surface area contributed by atoms with Crippen LogP contribution in [0.4, 0.5) is 0 Å². The van der Waals surface area contributed by atoms with Crippen LogP contribution in [0.25, 0.3) is 0 Å². The van der Waals surface area contributed by atoms with Crippen molar-refractivity contribution in [2.45, 2.75) is 19.9 Å². The quantitative estimate of drug-likeness (QED) is 0.349. The van der Waals surface area contributed by atoms with Crippen LogP contribution in [0.3, 0.4) is 0 Å². The third kappa shape index (κ3) is 7.52. The maximum Gasteiger partial charge on any atom is 0.191 e. The van der Waals surface area contributed by atoms with Crippen LogP contribution in [-0.2, 0) is 13.0 Å². The summed E-state index contributed by atoms with van der Waals surface area (Å²) >= 11 is 6.26. The van der Waals surface area contributed by atoms with Gasteiger partial charge in [0.05, 0.1) is 13.4 Å². The highest BCUT2D eigenvalue weighted by Gasteiger charge is 2.03. The van der Waals surface area contributed by atoms with E-state index in [0.717, 1.165) is 43.3 Å². The zero-order valence-corrected chi connectivity index (χ0v) is 17.6. The molecule has 0 radical (unpaired) electrons. The van der Waals surface area contributed by atoms with Gasteiger partial charge in [-0.05, 0) is 31.0 Å². The molecule has 8 heteroatoms. The first-order valence-corrected chi connectivity index (χ1v) is 8.41. The minimum atomic E-state index is 0. The van der Waals surface area contributed by atoms with Crippen molar-refractivity contribution >= 4 is 41.5 Å². The van der Waals surface area contributed by atoms with E-state index < -0.39 is 0 Å². The van der Waals surface area contributed by atoms with E-state index in [1.165, 1.54) is 0 Å².